The van der Waals surface area contributed by atoms with Crippen LogP contribution in [0.15, 0.2) is 24.3 Å². The molecule has 1 aromatic carbocycles. The van der Waals surface area contributed by atoms with E-state index in [1.54, 1.807) is 55.5 Å². The third kappa shape index (κ3) is 19.0. The van der Waals surface area contributed by atoms with Gasteiger partial charge in [-0.2, -0.15) is 0 Å². The zero-order chi connectivity index (χ0) is 50.6. The minimum atomic E-state index is -4.02. The van der Waals surface area contributed by atoms with Gasteiger partial charge < -0.3 is 40.0 Å². The van der Waals surface area contributed by atoms with Crippen LogP contribution in [0.25, 0.3) is 0 Å². The Hall–Kier alpha value is -4.90. The Kier molecular flexibility index (Phi) is 24.7. The number of unbranched alkanes of at least 4 members (excludes halogenated alkanes) is 2. The van der Waals surface area contributed by atoms with Crippen LogP contribution >= 0.6 is 0 Å². The quantitative estimate of drug-likeness (QED) is 0.0396. The highest BCUT2D eigenvalue weighted by Gasteiger charge is 2.42. The maximum absolute atomic E-state index is 14.2. The smallest absolute Gasteiger partial charge is 0.410 e. The van der Waals surface area contributed by atoms with Crippen LogP contribution in [-0.2, 0) is 54.7 Å². The molecule has 2 rings (SSSR count). The molecular formula is C45H76N8O13S. The van der Waals surface area contributed by atoms with Crippen LogP contribution in [-0.4, -0.2) is 167 Å². The number of carbonyl (C=O) groups excluding carboxylic acids is 7. The fraction of sp³-hybridized carbons (Fsp3) is 0.711. The SMILES string of the molecule is CC[C@H](C)[C@@H]([C@@H](CC(=O)N1CCC[C@H]1[C@H](OC)[C@@H](C)C(=O)N[C@@H](Cc1ccc(OC(=O)NCCCCCC(=O)NO)cc1)C(=O)NS(C)(=O)=O)OC)N(C)C(=O)CNC(=O)C(C(C)C)N(C)C. The fourth-order valence-electron chi connectivity index (χ4n) is 8.52. The highest BCUT2D eigenvalue weighted by atomic mass is 32.2. The zero-order valence-electron chi connectivity index (χ0n) is 41.1. The molecule has 380 valence electrons. The van der Waals surface area contributed by atoms with Crippen molar-refractivity contribution in [2.24, 2.45) is 17.8 Å². The van der Waals surface area contributed by atoms with Crippen LogP contribution < -0.4 is 30.9 Å². The number of sulfonamides is 1. The van der Waals surface area contributed by atoms with Gasteiger partial charge in [-0.25, -0.2) is 18.7 Å². The molecule has 22 heteroatoms. The Bertz CT molecular complexity index is 1890. The van der Waals surface area contributed by atoms with Crippen molar-refractivity contribution >= 4 is 51.6 Å². The number of carbonyl (C=O) groups is 7. The Morgan fingerprint density at radius 1 is 0.896 bits per heavy atom. The molecule has 7 amide bonds. The Balaban J connectivity index is 2.19. The third-order valence-electron chi connectivity index (χ3n) is 12.1. The van der Waals surface area contributed by atoms with Crippen molar-refractivity contribution in [1.29, 1.82) is 0 Å². The summed E-state index contributed by atoms with van der Waals surface area (Å²) in [5.74, 6) is -3.79. The average Bonchev–Trinajstić information content (AvgIpc) is 3.75. The predicted octanol–water partition coefficient (Wildman–Crippen LogP) is 1.57. The molecule has 0 aliphatic carbocycles. The summed E-state index contributed by atoms with van der Waals surface area (Å²) in [5.41, 5.74) is 2.06. The molecule has 1 fully saturated rings. The second kappa shape index (κ2) is 28.4. The molecule has 1 aromatic rings. The van der Waals surface area contributed by atoms with Crippen LogP contribution in [0, 0.1) is 17.8 Å². The van der Waals surface area contributed by atoms with Crippen molar-refractivity contribution in [2.75, 3.05) is 61.3 Å². The minimum absolute atomic E-state index is 0.0154. The van der Waals surface area contributed by atoms with Crippen molar-refractivity contribution < 1.29 is 61.4 Å². The minimum Gasteiger partial charge on any atom is -0.410 e. The van der Waals surface area contributed by atoms with Crippen molar-refractivity contribution in [1.82, 2.24) is 40.9 Å². The van der Waals surface area contributed by atoms with Crippen LogP contribution in [0.4, 0.5) is 4.79 Å². The van der Waals surface area contributed by atoms with Gasteiger partial charge in [0.25, 0.3) is 5.91 Å². The Labute approximate surface area is 396 Å². The summed E-state index contributed by atoms with van der Waals surface area (Å²) >= 11 is 0. The summed E-state index contributed by atoms with van der Waals surface area (Å²) in [7, 11) is 4.14. The maximum atomic E-state index is 14.2. The number of hydrogen-bond donors (Lipinski definition) is 6. The number of hydrogen-bond acceptors (Lipinski definition) is 14. The number of methoxy groups -OCH3 is 2. The highest BCUT2D eigenvalue weighted by Crippen LogP contribution is 2.29. The van der Waals surface area contributed by atoms with E-state index in [9.17, 15) is 42.0 Å². The first kappa shape index (κ1) is 58.2. The topological polar surface area (TPSA) is 271 Å². The van der Waals surface area contributed by atoms with Gasteiger partial charge in [-0.15, -0.1) is 0 Å². The summed E-state index contributed by atoms with van der Waals surface area (Å²) in [6, 6.07) is 3.22. The normalized spacial score (nSPS) is 17.0. The number of benzene rings is 1. The van der Waals surface area contributed by atoms with Gasteiger partial charge in [0.1, 0.15) is 11.8 Å². The first-order valence-corrected chi connectivity index (χ1v) is 24.7. The molecule has 0 bridgehead atoms. The summed E-state index contributed by atoms with van der Waals surface area (Å²) in [5, 5.41) is 16.6. The van der Waals surface area contributed by atoms with Gasteiger partial charge in [0, 0.05) is 47.2 Å². The number of rotatable bonds is 28. The van der Waals surface area contributed by atoms with E-state index < -0.39 is 76.1 Å². The molecule has 6 N–H and O–H groups in total. The van der Waals surface area contributed by atoms with Gasteiger partial charge in [-0.1, -0.05) is 59.6 Å². The molecule has 1 aliphatic rings. The number of nitrogens with zero attached hydrogens (tertiary/aromatic N) is 3. The van der Waals surface area contributed by atoms with Crippen molar-refractivity contribution in [3.8, 4) is 5.75 Å². The number of hydroxylamine groups is 1. The second-order valence-corrected chi connectivity index (χ2v) is 19.6. The summed E-state index contributed by atoms with van der Waals surface area (Å²) in [6.07, 6.45) is 2.02. The molecule has 0 spiro atoms. The number of ether oxygens (including phenoxy) is 3. The number of likely N-dealkylation sites (tertiary alicyclic amines) is 1. The summed E-state index contributed by atoms with van der Waals surface area (Å²) in [4.78, 5) is 96.5. The summed E-state index contributed by atoms with van der Waals surface area (Å²) in [6.45, 7) is 9.84. The number of nitrogens with one attached hydrogen (secondary N) is 5. The molecule has 1 aliphatic heterocycles. The van der Waals surface area contributed by atoms with E-state index in [2.05, 4.69) is 16.0 Å². The second-order valence-electron chi connectivity index (χ2n) is 17.8. The zero-order valence-corrected chi connectivity index (χ0v) is 41.9. The molecule has 1 saturated heterocycles. The molecule has 0 saturated carbocycles. The van der Waals surface area contributed by atoms with Gasteiger partial charge in [0.05, 0.1) is 55.5 Å². The van der Waals surface area contributed by atoms with Crippen LogP contribution in [0.3, 0.4) is 0 Å². The van der Waals surface area contributed by atoms with Crippen molar-refractivity contribution in [3.05, 3.63) is 29.8 Å². The number of likely N-dealkylation sites (N-methyl/N-ethyl adjacent to an activating group) is 2. The van der Waals surface area contributed by atoms with Gasteiger partial charge in [-0.3, -0.25) is 43.6 Å². The largest absolute Gasteiger partial charge is 0.412 e. The molecule has 21 nitrogen and oxygen atoms in total. The van der Waals surface area contributed by atoms with E-state index in [4.69, 9.17) is 19.4 Å². The third-order valence-corrected chi connectivity index (χ3v) is 12.7. The molecule has 67 heavy (non-hydrogen) atoms. The standard InChI is InChI=1S/C45H76N8O13S/c1-12-29(4)40(52(8)38(56)27-47-44(59)39(28(2)3)51(6)7)35(64-9)26-37(55)53-24-16-17-34(53)41(65-10)30(5)42(57)48-33(43(58)50-67(11,62)63)25-31-19-21-32(22-20-31)66-45(60)46-23-15-13-14-18-36(54)49-61/h19-22,28-30,33-35,39-41,61H,12-18,23-27H2,1-11H3,(H,46,60)(H,47,59)(H,48,57)(H,49,54)(H,50,58)/t29-,30+,33-,34-,35+,39?,40-,41+/m0/s1. The van der Waals surface area contributed by atoms with Crippen molar-refractivity contribution in [2.45, 2.75) is 129 Å². The monoisotopic (exact) mass is 969 g/mol. The molecule has 1 unspecified atom stereocenters. The maximum Gasteiger partial charge on any atom is 0.412 e. The van der Waals surface area contributed by atoms with Crippen molar-refractivity contribution in [3.63, 3.8) is 0 Å². The van der Waals surface area contributed by atoms with E-state index in [0.29, 0.717) is 57.2 Å². The average molecular weight is 969 g/mol. The lowest BCUT2D eigenvalue weighted by Crippen LogP contribution is -2.56. The molecule has 8 atom stereocenters. The van der Waals surface area contributed by atoms with E-state index in [1.807, 2.05) is 32.4 Å². The molecule has 0 aromatic heterocycles. The van der Waals surface area contributed by atoms with Gasteiger partial charge in [-0.05, 0) is 69.3 Å². The lowest BCUT2D eigenvalue weighted by molar-refractivity contribution is -0.146. The van der Waals surface area contributed by atoms with E-state index in [1.165, 1.54) is 31.3 Å². The summed E-state index contributed by atoms with van der Waals surface area (Å²) < 4.78 is 43.3. The van der Waals surface area contributed by atoms with Crippen LogP contribution in [0.5, 0.6) is 5.75 Å². The first-order chi connectivity index (χ1) is 31.5. The fourth-order valence-corrected chi connectivity index (χ4v) is 9.03. The predicted molar refractivity (Wildman–Crippen MR) is 249 cm³/mol. The van der Waals surface area contributed by atoms with Crippen LogP contribution in [0.1, 0.15) is 91.5 Å². The highest BCUT2D eigenvalue weighted by molar-refractivity contribution is 7.89. The Morgan fingerprint density at radius 2 is 1.55 bits per heavy atom. The van der Waals surface area contributed by atoms with Gasteiger partial charge in [0.2, 0.25) is 39.6 Å². The first-order valence-electron chi connectivity index (χ1n) is 22.8. The molecule has 1 heterocycles. The number of amides is 7. The van der Waals surface area contributed by atoms with Crippen LogP contribution in [0.2, 0.25) is 0 Å². The van der Waals surface area contributed by atoms with Gasteiger partial charge in [0.15, 0.2) is 0 Å². The van der Waals surface area contributed by atoms with E-state index in [0.717, 1.165) is 6.26 Å². The molecular weight excluding hydrogens is 893 g/mol. The Morgan fingerprint density at radius 3 is 2.10 bits per heavy atom. The van der Waals surface area contributed by atoms with E-state index >= 15 is 0 Å². The lowest BCUT2D eigenvalue weighted by atomic mass is 9.90. The lowest BCUT2D eigenvalue weighted by Gasteiger charge is -2.39. The van der Waals surface area contributed by atoms with Gasteiger partial charge >= 0.3 is 6.09 Å². The molecule has 0 radical (unpaired) electrons. The van der Waals surface area contributed by atoms with E-state index in [-0.39, 0.29) is 61.1 Å².